The Hall–Kier alpha value is -3.09. The summed E-state index contributed by atoms with van der Waals surface area (Å²) in [6.45, 7) is 3.80. The molecular weight excluding hydrogens is 511 g/mol. The highest BCUT2D eigenvalue weighted by molar-refractivity contribution is 5.36. The molecule has 0 amide bonds. The van der Waals surface area contributed by atoms with Gasteiger partial charge in [0, 0.05) is 0 Å². The summed E-state index contributed by atoms with van der Waals surface area (Å²) in [5, 5.41) is 0. The molecule has 1 saturated carbocycles. The summed E-state index contributed by atoms with van der Waals surface area (Å²) >= 11 is 0. The van der Waals surface area contributed by atoms with E-state index in [4.69, 9.17) is 9.47 Å². The molecule has 0 N–H and O–H groups in total. The highest BCUT2D eigenvalue weighted by Crippen LogP contribution is 2.42. The molecule has 7 heteroatoms. The van der Waals surface area contributed by atoms with Gasteiger partial charge in [0.05, 0.1) is 6.61 Å². The number of unbranched alkanes of at least 4 members (excludes halogenated alkanes) is 3. The summed E-state index contributed by atoms with van der Waals surface area (Å²) in [5.41, 5.74) is 1.71. The van der Waals surface area contributed by atoms with Crippen molar-refractivity contribution < 1.29 is 31.4 Å². The Morgan fingerprint density at radius 1 is 0.667 bits per heavy atom. The summed E-state index contributed by atoms with van der Waals surface area (Å²) in [7, 11) is 0. The summed E-state index contributed by atoms with van der Waals surface area (Å²) in [4.78, 5) is 0. The van der Waals surface area contributed by atoms with Gasteiger partial charge in [-0.3, -0.25) is 0 Å². The molecule has 0 heterocycles. The van der Waals surface area contributed by atoms with Gasteiger partial charge in [0.1, 0.15) is 12.4 Å². The lowest BCUT2D eigenvalue weighted by Crippen LogP contribution is -2.15. The van der Waals surface area contributed by atoms with Crippen LogP contribution in [0.2, 0.25) is 0 Å². The maximum absolute atomic E-state index is 15.0. The molecule has 0 atom stereocenters. The van der Waals surface area contributed by atoms with Crippen molar-refractivity contribution in [1.29, 1.82) is 0 Å². The van der Waals surface area contributed by atoms with E-state index in [1.165, 1.54) is 25.1 Å². The Kier molecular flexibility index (Phi) is 9.87. The van der Waals surface area contributed by atoms with E-state index in [9.17, 15) is 17.6 Å². The van der Waals surface area contributed by atoms with Crippen molar-refractivity contribution >= 4 is 0 Å². The standard InChI is InChI=1S/C32H35F5O2/c1-3-4-5-6-17-38-27-15-16-28(32(37)31(27)36)39-19-21-8-14-24(26(33)18-21)22-9-11-23(12-10-22)25-13-7-20(2)29(34)30(25)35/h7-8,13-16,18,22-23H,3-6,9-12,17,19H2,1-2H3. The van der Waals surface area contributed by atoms with Crippen LogP contribution in [-0.4, -0.2) is 6.61 Å². The lowest BCUT2D eigenvalue weighted by atomic mass is 9.75. The van der Waals surface area contributed by atoms with Crippen LogP contribution < -0.4 is 9.47 Å². The molecule has 0 aromatic heterocycles. The molecule has 0 aliphatic heterocycles. The third-order valence-electron chi connectivity index (χ3n) is 7.64. The number of ether oxygens (including phenoxy) is 2. The Balaban J connectivity index is 1.32. The minimum atomic E-state index is -1.14. The van der Waals surface area contributed by atoms with Crippen LogP contribution in [0.5, 0.6) is 11.5 Å². The first-order chi connectivity index (χ1) is 18.8. The predicted molar refractivity (Wildman–Crippen MR) is 142 cm³/mol. The van der Waals surface area contributed by atoms with Gasteiger partial charge in [-0.15, -0.1) is 0 Å². The summed E-state index contributed by atoms with van der Waals surface area (Å²) < 4.78 is 83.2. The van der Waals surface area contributed by atoms with Crippen molar-refractivity contribution in [2.45, 2.75) is 83.7 Å². The molecule has 0 spiro atoms. The molecule has 1 aliphatic rings. The quantitative estimate of drug-likeness (QED) is 0.176. The first kappa shape index (κ1) is 28.9. The van der Waals surface area contributed by atoms with Crippen molar-refractivity contribution in [2.24, 2.45) is 0 Å². The zero-order chi connectivity index (χ0) is 27.9. The van der Waals surface area contributed by atoms with Crippen LogP contribution in [0.15, 0.2) is 42.5 Å². The van der Waals surface area contributed by atoms with Gasteiger partial charge >= 0.3 is 0 Å². The van der Waals surface area contributed by atoms with Gasteiger partial charge in [0.2, 0.25) is 11.6 Å². The van der Waals surface area contributed by atoms with E-state index >= 15 is 4.39 Å². The van der Waals surface area contributed by atoms with Crippen molar-refractivity contribution in [3.63, 3.8) is 0 Å². The van der Waals surface area contributed by atoms with E-state index in [0.717, 1.165) is 25.7 Å². The third-order valence-corrected chi connectivity index (χ3v) is 7.64. The molecule has 39 heavy (non-hydrogen) atoms. The maximum atomic E-state index is 15.0. The summed E-state index contributed by atoms with van der Waals surface area (Å²) in [6, 6.07) is 10.6. The number of halogens is 5. The van der Waals surface area contributed by atoms with Crippen molar-refractivity contribution in [2.75, 3.05) is 6.61 Å². The molecular formula is C32H35F5O2. The average Bonchev–Trinajstić information content (AvgIpc) is 2.94. The summed E-state index contributed by atoms with van der Waals surface area (Å²) in [5.74, 6) is -4.78. The molecule has 4 rings (SSSR count). The zero-order valence-electron chi connectivity index (χ0n) is 22.5. The lowest BCUT2D eigenvalue weighted by Gasteiger charge is -2.29. The molecule has 0 bridgehead atoms. The second kappa shape index (κ2) is 13.3. The molecule has 0 radical (unpaired) electrons. The zero-order valence-corrected chi connectivity index (χ0v) is 22.5. The third kappa shape index (κ3) is 6.92. The summed E-state index contributed by atoms with van der Waals surface area (Å²) in [6.07, 6.45) is 6.45. The van der Waals surface area contributed by atoms with Gasteiger partial charge in [-0.05, 0) is 91.3 Å². The van der Waals surface area contributed by atoms with Gasteiger partial charge in [0.15, 0.2) is 23.1 Å². The molecule has 210 valence electrons. The molecule has 1 aliphatic carbocycles. The number of benzene rings is 3. The fraction of sp³-hybridized carbons (Fsp3) is 0.438. The van der Waals surface area contributed by atoms with Crippen LogP contribution >= 0.6 is 0 Å². The van der Waals surface area contributed by atoms with E-state index in [-0.39, 0.29) is 35.5 Å². The topological polar surface area (TPSA) is 18.5 Å². The largest absolute Gasteiger partial charge is 0.490 e. The van der Waals surface area contributed by atoms with Gasteiger partial charge in [0.25, 0.3) is 0 Å². The van der Waals surface area contributed by atoms with E-state index in [1.54, 1.807) is 24.3 Å². The SMILES string of the molecule is CCCCCCOc1ccc(OCc2ccc(C3CCC(c4ccc(C)c(F)c4F)CC3)c(F)c2)c(F)c1F. The second-order valence-corrected chi connectivity index (χ2v) is 10.4. The lowest BCUT2D eigenvalue weighted by molar-refractivity contribution is 0.265. The molecule has 0 saturated heterocycles. The van der Waals surface area contributed by atoms with E-state index in [1.807, 2.05) is 0 Å². The maximum Gasteiger partial charge on any atom is 0.204 e. The van der Waals surface area contributed by atoms with Gasteiger partial charge < -0.3 is 9.47 Å². The smallest absolute Gasteiger partial charge is 0.204 e. The Morgan fingerprint density at radius 2 is 1.28 bits per heavy atom. The Morgan fingerprint density at radius 3 is 1.92 bits per heavy atom. The van der Waals surface area contributed by atoms with E-state index in [2.05, 4.69) is 6.92 Å². The number of hydrogen-bond donors (Lipinski definition) is 0. The molecule has 2 nitrogen and oxygen atoms in total. The van der Waals surface area contributed by atoms with Crippen molar-refractivity contribution in [1.82, 2.24) is 0 Å². The molecule has 3 aromatic carbocycles. The van der Waals surface area contributed by atoms with Crippen LogP contribution in [0.25, 0.3) is 0 Å². The normalized spacial score (nSPS) is 17.3. The van der Waals surface area contributed by atoms with Crippen molar-refractivity contribution in [3.05, 3.63) is 93.8 Å². The van der Waals surface area contributed by atoms with Gasteiger partial charge in [-0.2, -0.15) is 8.78 Å². The molecule has 1 fully saturated rings. The number of rotatable bonds is 11. The first-order valence-corrected chi connectivity index (χ1v) is 13.8. The van der Waals surface area contributed by atoms with E-state index < -0.39 is 29.1 Å². The number of hydrogen-bond acceptors (Lipinski definition) is 2. The molecule has 3 aromatic rings. The highest BCUT2D eigenvalue weighted by atomic mass is 19.2. The average molecular weight is 547 g/mol. The second-order valence-electron chi connectivity index (χ2n) is 10.4. The van der Waals surface area contributed by atoms with Crippen LogP contribution in [0.3, 0.4) is 0 Å². The highest BCUT2D eigenvalue weighted by Gasteiger charge is 2.28. The van der Waals surface area contributed by atoms with Crippen LogP contribution in [0.4, 0.5) is 22.0 Å². The molecule has 0 unspecified atom stereocenters. The predicted octanol–water partition coefficient (Wildman–Crippen LogP) is 9.67. The van der Waals surface area contributed by atoms with Crippen LogP contribution in [-0.2, 0) is 6.61 Å². The van der Waals surface area contributed by atoms with E-state index in [0.29, 0.717) is 49.0 Å². The van der Waals surface area contributed by atoms with Gasteiger partial charge in [-0.1, -0.05) is 50.5 Å². The van der Waals surface area contributed by atoms with Crippen molar-refractivity contribution in [3.8, 4) is 11.5 Å². The monoisotopic (exact) mass is 546 g/mol. The fourth-order valence-corrected chi connectivity index (χ4v) is 5.29. The first-order valence-electron chi connectivity index (χ1n) is 13.8. The minimum Gasteiger partial charge on any atom is -0.490 e. The minimum absolute atomic E-state index is 0.0318. The fourth-order valence-electron chi connectivity index (χ4n) is 5.29. The van der Waals surface area contributed by atoms with Crippen LogP contribution in [0, 0.1) is 36.0 Å². The van der Waals surface area contributed by atoms with Gasteiger partial charge in [-0.25, -0.2) is 13.2 Å². The Labute approximate surface area is 227 Å². The number of aryl methyl sites for hydroxylation is 1. The van der Waals surface area contributed by atoms with Crippen LogP contribution in [0.1, 0.15) is 92.4 Å². The Bertz CT molecular complexity index is 1270.